The maximum atomic E-state index is 11.9. The third-order valence-corrected chi connectivity index (χ3v) is 2.79. The van der Waals surface area contributed by atoms with E-state index in [0.29, 0.717) is 12.2 Å². The molecule has 6 heteroatoms. The van der Waals surface area contributed by atoms with Gasteiger partial charge in [0, 0.05) is 26.3 Å². The van der Waals surface area contributed by atoms with Crippen LogP contribution in [0.4, 0.5) is 10.5 Å². The normalized spacial score (nSPS) is 13.6. The molecule has 0 saturated carbocycles. The zero-order valence-corrected chi connectivity index (χ0v) is 10.3. The summed E-state index contributed by atoms with van der Waals surface area (Å²) < 4.78 is 0. The van der Waals surface area contributed by atoms with Crippen LogP contribution in [0.1, 0.15) is 15.9 Å². The Bertz CT molecular complexity index is 499. The first kappa shape index (κ1) is 12.4. The number of carboxylic acids is 1. The van der Waals surface area contributed by atoms with E-state index in [1.54, 1.807) is 42.2 Å². The van der Waals surface area contributed by atoms with Gasteiger partial charge in [0.05, 0.1) is 5.56 Å². The molecule has 6 nitrogen and oxygen atoms in total. The minimum absolute atomic E-state index is 0.193. The highest BCUT2D eigenvalue weighted by atomic mass is 16.4. The van der Waals surface area contributed by atoms with Crippen LogP contribution in [0.15, 0.2) is 18.2 Å². The molecule has 0 atom stereocenters. The van der Waals surface area contributed by atoms with Crippen molar-refractivity contribution < 1.29 is 14.7 Å². The number of hydrogen-bond acceptors (Lipinski definition) is 3. The van der Waals surface area contributed by atoms with Crippen molar-refractivity contribution in [2.24, 2.45) is 0 Å². The van der Waals surface area contributed by atoms with Gasteiger partial charge < -0.3 is 5.11 Å². The topological polar surface area (TPSA) is 72.9 Å². The highest BCUT2D eigenvalue weighted by Gasteiger charge is 2.25. The minimum atomic E-state index is -0.988. The Labute approximate surface area is 105 Å². The van der Waals surface area contributed by atoms with Crippen molar-refractivity contribution in [3.8, 4) is 0 Å². The smallest absolute Gasteiger partial charge is 0.336 e. The van der Waals surface area contributed by atoms with Crippen molar-refractivity contribution in [2.45, 2.75) is 6.42 Å². The van der Waals surface area contributed by atoms with Crippen molar-refractivity contribution in [3.63, 3.8) is 0 Å². The molecule has 96 valence electrons. The molecule has 1 aromatic carbocycles. The van der Waals surface area contributed by atoms with Crippen LogP contribution in [-0.2, 0) is 6.42 Å². The third-order valence-electron chi connectivity index (χ3n) is 2.79. The number of carboxylic acid groups (broad SMARTS) is 1. The van der Waals surface area contributed by atoms with Crippen LogP contribution < -0.4 is 10.3 Å². The van der Waals surface area contributed by atoms with Crippen molar-refractivity contribution in [1.29, 1.82) is 0 Å². The number of hydrogen-bond donors (Lipinski definition) is 2. The Morgan fingerprint density at radius 2 is 2.11 bits per heavy atom. The van der Waals surface area contributed by atoms with Gasteiger partial charge in [0.15, 0.2) is 0 Å². The minimum Gasteiger partial charge on any atom is -0.478 e. The van der Waals surface area contributed by atoms with Gasteiger partial charge in [0.2, 0.25) is 0 Å². The van der Waals surface area contributed by atoms with Gasteiger partial charge in [-0.05, 0) is 24.1 Å². The second-order valence-electron chi connectivity index (χ2n) is 4.36. The molecule has 0 fully saturated rings. The summed E-state index contributed by atoms with van der Waals surface area (Å²) in [4.78, 5) is 24.4. The summed E-state index contributed by atoms with van der Waals surface area (Å²) in [6, 6.07) is 4.62. The Balaban J connectivity index is 2.28. The first-order valence-corrected chi connectivity index (χ1v) is 5.60. The van der Waals surface area contributed by atoms with E-state index in [9.17, 15) is 9.59 Å². The Morgan fingerprint density at radius 1 is 1.39 bits per heavy atom. The van der Waals surface area contributed by atoms with E-state index in [4.69, 9.17) is 5.11 Å². The summed E-state index contributed by atoms with van der Waals surface area (Å²) in [5.41, 5.74) is 4.51. The highest BCUT2D eigenvalue weighted by Crippen LogP contribution is 2.29. The number of nitrogens with one attached hydrogen (secondary N) is 1. The van der Waals surface area contributed by atoms with E-state index in [-0.39, 0.29) is 11.6 Å². The molecule has 1 aromatic rings. The maximum absolute atomic E-state index is 11.9. The van der Waals surface area contributed by atoms with Crippen LogP contribution in [0.3, 0.4) is 0 Å². The first-order valence-electron chi connectivity index (χ1n) is 5.60. The van der Waals surface area contributed by atoms with Crippen LogP contribution >= 0.6 is 0 Å². The predicted octanol–water partition coefficient (Wildman–Crippen LogP) is 0.933. The second-order valence-corrected chi connectivity index (χ2v) is 4.36. The fourth-order valence-electron chi connectivity index (χ4n) is 1.97. The highest BCUT2D eigenvalue weighted by molar-refractivity contribution is 5.96. The van der Waals surface area contributed by atoms with Gasteiger partial charge >= 0.3 is 12.0 Å². The predicted molar refractivity (Wildman–Crippen MR) is 66.7 cm³/mol. The van der Waals surface area contributed by atoms with Crippen molar-refractivity contribution in [3.05, 3.63) is 29.3 Å². The number of hydrazine groups is 1. The third kappa shape index (κ3) is 2.28. The van der Waals surface area contributed by atoms with Crippen LogP contribution in [-0.4, -0.2) is 42.8 Å². The lowest BCUT2D eigenvalue weighted by molar-refractivity contribution is 0.0697. The number of rotatable bonds is 2. The van der Waals surface area contributed by atoms with Crippen LogP contribution in [0, 0.1) is 0 Å². The number of nitrogens with zero attached hydrogens (tertiary/aromatic N) is 2. The fraction of sp³-hybridized carbons (Fsp3) is 0.333. The van der Waals surface area contributed by atoms with E-state index in [1.165, 1.54) is 0 Å². The number of anilines is 1. The molecular formula is C12H15N3O3. The number of urea groups is 1. The molecule has 0 spiro atoms. The van der Waals surface area contributed by atoms with E-state index in [0.717, 1.165) is 12.0 Å². The van der Waals surface area contributed by atoms with Gasteiger partial charge in [0.1, 0.15) is 0 Å². The maximum Gasteiger partial charge on any atom is 0.336 e. The SMILES string of the molecule is CN(C)NC(=O)N1CCc2ccc(C(=O)O)cc21. The number of benzene rings is 1. The van der Waals surface area contributed by atoms with Crippen LogP contribution in [0.25, 0.3) is 0 Å². The molecular weight excluding hydrogens is 234 g/mol. The monoisotopic (exact) mass is 249 g/mol. The molecule has 18 heavy (non-hydrogen) atoms. The number of aromatic carboxylic acids is 1. The van der Waals surface area contributed by atoms with Crippen LogP contribution in [0.5, 0.6) is 0 Å². The fourth-order valence-corrected chi connectivity index (χ4v) is 1.97. The summed E-state index contributed by atoms with van der Waals surface area (Å²) in [6.45, 7) is 0.568. The van der Waals surface area contributed by atoms with E-state index >= 15 is 0 Å². The van der Waals surface area contributed by atoms with E-state index in [1.807, 2.05) is 0 Å². The largest absolute Gasteiger partial charge is 0.478 e. The quantitative estimate of drug-likeness (QED) is 0.765. The average Bonchev–Trinajstić information content (AvgIpc) is 2.70. The molecule has 2 N–H and O–H groups in total. The molecule has 2 amide bonds. The van der Waals surface area contributed by atoms with Gasteiger partial charge in [-0.15, -0.1) is 0 Å². The molecule has 0 unspecified atom stereocenters. The molecule has 0 radical (unpaired) electrons. The van der Waals surface area contributed by atoms with E-state index in [2.05, 4.69) is 5.43 Å². The zero-order valence-electron chi connectivity index (χ0n) is 10.3. The summed E-state index contributed by atoms with van der Waals surface area (Å²) >= 11 is 0. The first-order chi connectivity index (χ1) is 8.49. The number of carbonyl (C=O) groups is 2. The average molecular weight is 249 g/mol. The molecule has 0 aliphatic carbocycles. The number of carbonyl (C=O) groups excluding carboxylic acids is 1. The summed E-state index contributed by atoms with van der Waals surface area (Å²) in [5, 5.41) is 10.5. The Kier molecular flexibility index (Phi) is 3.20. The lowest BCUT2D eigenvalue weighted by Gasteiger charge is -2.21. The van der Waals surface area contributed by atoms with Crippen molar-refractivity contribution in [1.82, 2.24) is 10.4 Å². The lowest BCUT2D eigenvalue weighted by Crippen LogP contribution is -2.45. The van der Waals surface area contributed by atoms with Crippen molar-refractivity contribution in [2.75, 3.05) is 25.5 Å². The summed E-state index contributed by atoms with van der Waals surface area (Å²) in [5.74, 6) is -0.988. The molecule has 1 aliphatic heterocycles. The van der Waals surface area contributed by atoms with Gasteiger partial charge in [-0.3, -0.25) is 10.3 Å². The van der Waals surface area contributed by atoms with Crippen molar-refractivity contribution >= 4 is 17.7 Å². The molecule has 0 saturated heterocycles. The molecule has 1 heterocycles. The summed E-state index contributed by atoms with van der Waals surface area (Å²) in [7, 11) is 3.45. The van der Waals surface area contributed by atoms with Gasteiger partial charge in [-0.25, -0.2) is 14.6 Å². The van der Waals surface area contributed by atoms with Crippen LogP contribution in [0.2, 0.25) is 0 Å². The van der Waals surface area contributed by atoms with Gasteiger partial charge in [0.25, 0.3) is 0 Å². The lowest BCUT2D eigenvalue weighted by atomic mass is 10.1. The Hall–Kier alpha value is -2.08. The Morgan fingerprint density at radius 3 is 2.72 bits per heavy atom. The molecule has 0 aromatic heterocycles. The van der Waals surface area contributed by atoms with Gasteiger partial charge in [-0.2, -0.15) is 0 Å². The molecule has 2 rings (SSSR count). The zero-order chi connectivity index (χ0) is 13.3. The van der Waals surface area contributed by atoms with E-state index < -0.39 is 5.97 Å². The number of amides is 2. The number of fused-ring (bicyclic) bond motifs is 1. The second kappa shape index (κ2) is 4.66. The molecule has 1 aliphatic rings. The summed E-state index contributed by atoms with van der Waals surface area (Å²) in [6.07, 6.45) is 0.746. The van der Waals surface area contributed by atoms with Gasteiger partial charge in [-0.1, -0.05) is 6.07 Å². The molecule has 0 bridgehead atoms. The standard InChI is InChI=1S/C12H15N3O3/c1-14(2)13-12(18)15-6-5-8-3-4-9(11(16)17)7-10(8)15/h3-4,7H,5-6H2,1-2H3,(H,13,18)(H,16,17).